The van der Waals surface area contributed by atoms with E-state index in [1.54, 1.807) is 30.3 Å². The third kappa shape index (κ3) is 3.53. The van der Waals surface area contributed by atoms with E-state index in [-0.39, 0.29) is 16.2 Å². The Labute approximate surface area is 176 Å². The summed E-state index contributed by atoms with van der Waals surface area (Å²) in [5.41, 5.74) is 2.52. The summed E-state index contributed by atoms with van der Waals surface area (Å²) in [6.07, 6.45) is 1.71. The number of carbonyl (C=O) groups excluding carboxylic acids is 2. The van der Waals surface area contributed by atoms with Crippen molar-refractivity contribution in [2.75, 3.05) is 25.5 Å². The molecule has 2 aliphatic heterocycles. The first-order valence-electron chi connectivity index (χ1n) is 9.80. The highest BCUT2D eigenvalue weighted by Gasteiger charge is 2.37. The summed E-state index contributed by atoms with van der Waals surface area (Å²) in [4.78, 5) is 26.6. The van der Waals surface area contributed by atoms with Gasteiger partial charge in [-0.3, -0.25) is 14.5 Å². The maximum absolute atomic E-state index is 12.9. The van der Waals surface area contributed by atoms with Crippen LogP contribution in [-0.4, -0.2) is 49.6 Å². The minimum atomic E-state index is -3.59. The van der Waals surface area contributed by atoms with Crippen LogP contribution in [-0.2, 0) is 19.6 Å². The SMILES string of the molecule is Cc1ccc(C2=C(Nc3cccc(S(=O)(=O)N4CCCC4)c3)C(=O)N(C)C2=O)cc1. The molecule has 7 nitrogen and oxygen atoms in total. The van der Waals surface area contributed by atoms with Crippen LogP contribution >= 0.6 is 0 Å². The molecule has 0 unspecified atom stereocenters. The fourth-order valence-electron chi connectivity index (χ4n) is 3.70. The molecular formula is C22H23N3O4S. The molecular weight excluding hydrogens is 402 g/mol. The van der Waals surface area contributed by atoms with E-state index in [2.05, 4.69) is 5.32 Å². The predicted molar refractivity (Wildman–Crippen MR) is 114 cm³/mol. The molecule has 156 valence electrons. The quantitative estimate of drug-likeness (QED) is 0.744. The molecule has 0 aliphatic carbocycles. The van der Waals surface area contributed by atoms with Gasteiger partial charge in [0.25, 0.3) is 11.8 Å². The number of anilines is 1. The van der Waals surface area contributed by atoms with Gasteiger partial charge in [-0.25, -0.2) is 8.42 Å². The fraction of sp³-hybridized carbons (Fsp3) is 0.273. The molecule has 1 saturated heterocycles. The number of likely N-dealkylation sites (N-methyl/N-ethyl adjacent to an activating group) is 1. The van der Waals surface area contributed by atoms with E-state index < -0.39 is 21.8 Å². The van der Waals surface area contributed by atoms with Gasteiger partial charge < -0.3 is 5.32 Å². The van der Waals surface area contributed by atoms with Crippen LogP contribution in [0.4, 0.5) is 5.69 Å². The van der Waals surface area contributed by atoms with Crippen molar-refractivity contribution in [3.8, 4) is 0 Å². The van der Waals surface area contributed by atoms with E-state index in [9.17, 15) is 18.0 Å². The summed E-state index contributed by atoms with van der Waals surface area (Å²) in [6.45, 7) is 2.97. The van der Waals surface area contributed by atoms with Crippen molar-refractivity contribution in [1.82, 2.24) is 9.21 Å². The molecule has 2 aromatic carbocycles. The van der Waals surface area contributed by atoms with Crippen molar-refractivity contribution in [3.63, 3.8) is 0 Å². The number of amides is 2. The average molecular weight is 426 g/mol. The highest BCUT2D eigenvalue weighted by molar-refractivity contribution is 7.89. The van der Waals surface area contributed by atoms with Crippen LogP contribution in [0.25, 0.3) is 5.57 Å². The van der Waals surface area contributed by atoms with Crippen molar-refractivity contribution in [3.05, 3.63) is 65.4 Å². The monoisotopic (exact) mass is 425 g/mol. The normalized spacial score (nSPS) is 17.9. The van der Waals surface area contributed by atoms with E-state index in [4.69, 9.17) is 0 Å². The zero-order valence-electron chi connectivity index (χ0n) is 16.9. The van der Waals surface area contributed by atoms with E-state index >= 15 is 0 Å². The third-order valence-electron chi connectivity index (χ3n) is 5.43. The first-order chi connectivity index (χ1) is 14.3. The highest BCUT2D eigenvalue weighted by Crippen LogP contribution is 2.31. The molecule has 0 atom stereocenters. The predicted octanol–water partition coefficient (Wildman–Crippen LogP) is 2.60. The molecule has 0 spiro atoms. The Morgan fingerprint density at radius 3 is 2.27 bits per heavy atom. The molecule has 8 heteroatoms. The lowest BCUT2D eigenvalue weighted by Crippen LogP contribution is -2.28. The standard InChI is InChI=1S/C22H23N3O4S/c1-15-8-10-16(11-9-15)19-20(22(27)24(2)21(19)26)23-17-6-5-7-18(14-17)30(28,29)25-12-3-4-13-25/h5-11,14,23H,3-4,12-13H2,1-2H3. The molecule has 2 aliphatic rings. The zero-order chi connectivity index (χ0) is 21.5. The Hall–Kier alpha value is -2.97. The molecule has 0 saturated carbocycles. The second kappa shape index (κ2) is 7.70. The lowest BCUT2D eigenvalue weighted by Gasteiger charge is -2.16. The number of nitrogens with one attached hydrogen (secondary N) is 1. The van der Waals surface area contributed by atoms with Gasteiger partial charge >= 0.3 is 0 Å². The smallest absolute Gasteiger partial charge is 0.277 e. The summed E-state index contributed by atoms with van der Waals surface area (Å²) in [7, 11) is -2.15. The van der Waals surface area contributed by atoms with E-state index in [0.29, 0.717) is 24.3 Å². The van der Waals surface area contributed by atoms with Gasteiger partial charge in [-0.15, -0.1) is 0 Å². The maximum atomic E-state index is 12.9. The van der Waals surface area contributed by atoms with Crippen LogP contribution in [0.3, 0.4) is 0 Å². The van der Waals surface area contributed by atoms with Gasteiger partial charge in [0.05, 0.1) is 10.5 Å². The molecule has 2 aromatic rings. The Morgan fingerprint density at radius 2 is 1.60 bits per heavy atom. The van der Waals surface area contributed by atoms with Crippen molar-refractivity contribution in [2.24, 2.45) is 0 Å². The average Bonchev–Trinajstić information content (AvgIpc) is 3.35. The number of rotatable bonds is 5. The number of hydrogen-bond donors (Lipinski definition) is 1. The van der Waals surface area contributed by atoms with Crippen LogP contribution in [0.1, 0.15) is 24.0 Å². The number of hydrogen-bond acceptors (Lipinski definition) is 5. The van der Waals surface area contributed by atoms with Crippen molar-refractivity contribution in [2.45, 2.75) is 24.7 Å². The minimum Gasteiger partial charge on any atom is -0.350 e. The second-order valence-electron chi connectivity index (χ2n) is 7.55. The Bertz CT molecular complexity index is 1150. The largest absolute Gasteiger partial charge is 0.350 e. The number of aryl methyl sites for hydroxylation is 1. The van der Waals surface area contributed by atoms with Gasteiger partial charge in [0.1, 0.15) is 5.70 Å². The Kier molecular flexibility index (Phi) is 5.21. The van der Waals surface area contributed by atoms with Crippen LogP contribution < -0.4 is 5.32 Å². The van der Waals surface area contributed by atoms with Gasteiger partial charge in [-0.05, 0) is 43.5 Å². The first kappa shape index (κ1) is 20.3. The van der Waals surface area contributed by atoms with Gasteiger partial charge in [-0.2, -0.15) is 4.31 Å². The fourth-order valence-corrected chi connectivity index (χ4v) is 5.27. The first-order valence-corrected chi connectivity index (χ1v) is 11.2. The summed E-state index contributed by atoms with van der Waals surface area (Å²) in [5.74, 6) is -0.851. The van der Waals surface area contributed by atoms with E-state index in [1.807, 2.05) is 19.1 Å². The van der Waals surface area contributed by atoms with Gasteiger partial charge in [-0.1, -0.05) is 35.9 Å². The Balaban J connectivity index is 1.72. The highest BCUT2D eigenvalue weighted by atomic mass is 32.2. The maximum Gasteiger partial charge on any atom is 0.277 e. The second-order valence-corrected chi connectivity index (χ2v) is 9.49. The van der Waals surface area contributed by atoms with Gasteiger partial charge in [0, 0.05) is 25.8 Å². The summed E-state index contributed by atoms with van der Waals surface area (Å²) in [6, 6.07) is 13.7. The number of carbonyl (C=O) groups is 2. The Morgan fingerprint density at radius 1 is 0.933 bits per heavy atom. The lowest BCUT2D eigenvalue weighted by atomic mass is 10.0. The number of nitrogens with zero attached hydrogens (tertiary/aromatic N) is 2. The topological polar surface area (TPSA) is 86.8 Å². The molecule has 1 N–H and O–H groups in total. The van der Waals surface area contributed by atoms with Crippen LogP contribution in [0, 0.1) is 6.92 Å². The summed E-state index contributed by atoms with van der Waals surface area (Å²) < 4.78 is 27.2. The summed E-state index contributed by atoms with van der Waals surface area (Å²) in [5, 5.41) is 3.00. The molecule has 1 fully saturated rings. The van der Waals surface area contributed by atoms with Crippen LogP contribution in [0.15, 0.2) is 59.1 Å². The molecule has 4 rings (SSSR count). The zero-order valence-corrected chi connectivity index (χ0v) is 17.7. The van der Waals surface area contributed by atoms with Crippen molar-refractivity contribution < 1.29 is 18.0 Å². The number of imide groups is 1. The number of benzene rings is 2. The third-order valence-corrected chi connectivity index (χ3v) is 7.33. The molecule has 0 aromatic heterocycles. The van der Waals surface area contributed by atoms with Gasteiger partial charge in [0.2, 0.25) is 10.0 Å². The van der Waals surface area contributed by atoms with Crippen LogP contribution in [0.5, 0.6) is 0 Å². The molecule has 2 amide bonds. The van der Waals surface area contributed by atoms with Crippen LogP contribution in [0.2, 0.25) is 0 Å². The lowest BCUT2D eigenvalue weighted by molar-refractivity contribution is -0.135. The molecule has 0 bridgehead atoms. The van der Waals surface area contributed by atoms with E-state index in [1.165, 1.54) is 17.4 Å². The summed E-state index contributed by atoms with van der Waals surface area (Å²) >= 11 is 0. The van der Waals surface area contributed by atoms with Crippen molar-refractivity contribution >= 4 is 33.1 Å². The van der Waals surface area contributed by atoms with Gasteiger partial charge in [0.15, 0.2) is 0 Å². The minimum absolute atomic E-state index is 0.141. The number of sulfonamides is 1. The molecule has 2 heterocycles. The molecule has 0 radical (unpaired) electrons. The van der Waals surface area contributed by atoms with Crippen molar-refractivity contribution in [1.29, 1.82) is 0 Å². The van der Waals surface area contributed by atoms with E-state index in [0.717, 1.165) is 23.3 Å². The molecule has 30 heavy (non-hydrogen) atoms.